The van der Waals surface area contributed by atoms with Gasteiger partial charge in [0.2, 0.25) is 17.5 Å². The highest BCUT2D eigenvalue weighted by molar-refractivity contribution is 5.88. The van der Waals surface area contributed by atoms with Crippen molar-refractivity contribution in [2.75, 3.05) is 6.61 Å². The van der Waals surface area contributed by atoms with Gasteiger partial charge in [-0.2, -0.15) is 0 Å². The van der Waals surface area contributed by atoms with Crippen LogP contribution < -0.4 is 21.4 Å². The molecule has 0 radical (unpaired) electrons. The molecule has 7 rings (SSSR count). The molecule has 5 aromatic rings. The minimum absolute atomic E-state index is 0. The molecule has 2 aliphatic heterocycles. The number of phenols is 4. The molecule has 57 heavy (non-hydrogen) atoms. The summed E-state index contributed by atoms with van der Waals surface area (Å²) < 4.78 is 30.2. The lowest BCUT2D eigenvalue weighted by Gasteiger charge is -2.42. The van der Waals surface area contributed by atoms with Gasteiger partial charge in [0, 0.05) is 31.8 Å². The fourth-order valence-corrected chi connectivity index (χ4v) is 6.11. The third kappa shape index (κ3) is 7.88. The molecule has 23 nitrogen and oxygen atoms in total. The lowest BCUT2D eigenvalue weighted by molar-refractivity contribution is -0.318. The van der Waals surface area contributed by atoms with E-state index in [9.17, 15) is 65.4 Å². The van der Waals surface area contributed by atoms with Crippen molar-refractivity contribution < 1.29 is 79.9 Å². The van der Waals surface area contributed by atoms with Gasteiger partial charge < -0.3 is 84.9 Å². The number of rotatable bonds is 6. The summed E-state index contributed by atoms with van der Waals surface area (Å²) in [5, 5.41) is 101. The SMILES string of the molecule is C[C@@H]1O[C@@H](OC[C@H]2O[C@@H](Oc3c(-c4ccc(O)c(O)c4)oc4cc(O)cc(O)c4c3=O)[C@H](O)[C@@H](O)[C@@H]2O)[C@H](O)[C@H](O)[C@H]1O.Cn1c(=O)c2[nH]cnc2n(C)c1=O.O. The minimum Gasteiger partial charge on any atom is -0.508 e. The lowest BCUT2D eigenvalue weighted by Crippen LogP contribution is -2.61. The van der Waals surface area contributed by atoms with E-state index in [0.717, 1.165) is 28.8 Å². The van der Waals surface area contributed by atoms with Crippen LogP contribution >= 0.6 is 0 Å². The average Bonchev–Trinajstić information content (AvgIpc) is 3.66. The monoisotopic (exact) mass is 808 g/mol. The second-order valence-corrected chi connectivity index (χ2v) is 13.1. The van der Waals surface area contributed by atoms with Crippen molar-refractivity contribution >= 4 is 22.1 Å². The van der Waals surface area contributed by atoms with Gasteiger partial charge in [-0.05, 0) is 25.1 Å². The normalized spacial score (nSPS) is 27.4. The Morgan fingerprint density at radius 3 is 2.14 bits per heavy atom. The first-order valence-electron chi connectivity index (χ1n) is 16.7. The summed E-state index contributed by atoms with van der Waals surface area (Å²) in [4.78, 5) is 43.0. The molecule has 2 saturated heterocycles. The third-order valence-electron chi connectivity index (χ3n) is 9.32. The molecule has 2 aromatic carbocycles. The van der Waals surface area contributed by atoms with E-state index in [1.54, 1.807) is 7.05 Å². The number of aryl methyl sites for hydroxylation is 1. The molecule has 5 heterocycles. The number of aromatic nitrogens is 4. The fraction of sp³-hybridized carbons (Fsp3) is 0.412. The quantitative estimate of drug-likeness (QED) is 0.0740. The highest BCUT2D eigenvalue weighted by atomic mass is 16.7. The van der Waals surface area contributed by atoms with Gasteiger partial charge in [0.1, 0.15) is 70.7 Å². The van der Waals surface area contributed by atoms with E-state index < -0.39 is 113 Å². The van der Waals surface area contributed by atoms with Gasteiger partial charge in [-0.1, -0.05) is 0 Å². The van der Waals surface area contributed by atoms with Crippen LogP contribution in [0.25, 0.3) is 33.5 Å². The van der Waals surface area contributed by atoms with Gasteiger partial charge in [-0.25, -0.2) is 9.78 Å². The van der Waals surface area contributed by atoms with E-state index in [1.165, 1.54) is 30.9 Å². The van der Waals surface area contributed by atoms with Crippen LogP contribution in [0.15, 0.2) is 55.5 Å². The van der Waals surface area contributed by atoms with E-state index >= 15 is 0 Å². The van der Waals surface area contributed by atoms with Crippen LogP contribution in [0.1, 0.15) is 6.92 Å². The molecule has 10 atom stereocenters. The van der Waals surface area contributed by atoms with Crippen molar-refractivity contribution in [2.45, 2.75) is 68.3 Å². The Morgan fingerprint density at radius 2 is 1.46 bits per heavy atom. The predicted octanol–water partition coefficient (Wildman–Crippen LogP) is -3.55. The molecule has 0 spiro atoms. The molecule has 2 fully saturated rings. The number of aromatic amines is 1. The molecule has 3 aromatic heterocycles. The highest BCUT2D eigenvalue weighted by Gasteiger charge is 2.48. The number of nitrogens with one attached hydrogen (secondary N) is 1. The Balaban J connectivity index is 0.000000374. The molecule has 23 heteroatoms. The molecular weight excluding hydrogens is 768 g/mol. The standard InChI is InChI=1S/C27H30O16.C7H8N4O2.H2O/c1-8-17(32)20(35)22(37)26(40-8)39-7-15-18(33)21(36)23(38)27(42-15)43-25-19(34)16-13(31)5-10(28)6-14(16)41-24(25)9-2-3-11(29)12(30)4-9;1-10-5-4(8-3-9-5)6(12)11(2)7(10)13;/h2-6,8,15,17-18,20-23,26-33,35-38H,7H2,1H3;3H,1-2H3,(H,8,9);1H2/t8-,15+,17-,18+,20+,21-,22+,23+,26+,27-;;/m0../s1. The van der Waals surface area contributed by atoms with Gasteiger partial charge in [-0.3, -0.25) is 18.7 Å². The topological polar surface area (TPSA) is 374 Å². The summed E-state index contributed by atoms with van der Waals surface area (Å²) in [5.41, 5.74) is -1.34. The van der Waals surface area contributed by atoms with Crippen LogP contribution in [0.3, 0.4) is 0 Å². The van der Waals surface area contributed by atoms with E-state index in [1.807, 2.05) is 0 Å². The van der Waals surface area contributed by atoms with Gasteiger partial charge in [-0.15, -0.1) is 0 Å². The molecule has 0 aliphatic carbocycles. The summed E-state index contributed by atoms with van der Waals surface area (Å²) in [6.45, 7) is 0.818. The molecule has 310 valence electrons. The number of imidazole rings is 1. The molecular formula is C34H40N4O19. The third-order valence-corrected chi connectivity index (χ3v) is 9.32. The first kappa shape index (κ1) is 42.5. The van der Waals surface area contributed by atoms with Crippen molar-refractivity contribution in [1.82, 2.24) is 19.1 Å². The number of aromatic hydroxyl groups is 4. The van der Waals surface area contributed by atoms with Crippen LogP contribution in [0.4, 0.5) is 0 Å². The summed E-state index contributed by atoms with van der Waals surface area (Å²) >= 11 is 0. The largest absolute Gasteiger partial charge is 0.508 e. The Morgan fingerprint density at radius 1 is 0.789 bits per heavy atom. The van der Waals surface area contributed by atoms with Crippen molar-refractivity contribution in [3.05, 3.63) is 67.7 Å². The smallest absolute Gasteiger partial charge is 0.332 e. The second-order valence-electron chi connectivity index (χ2n) is 13.1. The maximum atomic E-state index is 13.6. The number of fused-ring (bicyclic) bond motifs is 2. The van der Waals surface area contributed by atoms with Crippen LogP contribution in [0.2, 0.25) is 0 Å². The highest BCUT2D eigenvalue weighted by Crippen LogP contribution is 2.39. The number of aliphatic hydroxyl groups is 6. The van der Waals surface area contributed by atoms with Gasteiger partial charge >= 0.3 is 5.69 Å². The van der Waals surface area contributed by atoms with Crippen molar-refractivity contribution in [2.24, 2.45) is 14.1 Å². The Bertz CT molecular complexity index is 2430. The number of phenolic OH excluding ortho intramolecular Hbond substituents is 4. The Labute approximate surface area is 317 Å². The molecule has 0 amide bonds. The molecule has 2 aliphatic rings. The van der Waals surface area contributed by atoms with Crippen molar-refractivity contribution in [1.29, 1.82) is 0 Å². The van der Waals surface area contributed by atoms with Gasteiger partial charge in [0.25, 0.3) is 5.56 Å². The van der Waals surface area contributed by atoms with E-state index in [2.05, 4.69) is 9.97 Å². The second kappa shape index (κ2) is 16.5. The van der Waals surface area contributed by atoms with Crippen LogP contribution in [0, 0.1) is 0 Å². The molecule has 0 bridgehead atoms. The van der Waals surface area contributed by atoms with Crippen molar-refractivity contribution in [3.8, 4) is 40.1 Å². The zero-order valence-corrected chi connectivity index (χ0v) is 30.0. The first-order valence-corrected chi connectivity index (χ1v) is 16.7. The zero-order chi connectivity index (χ0) is 40.9. The number of nitrogens with zero attached hydrogens (tertiary/aromatic N) is 3. The van der Waals surface area contributed by atoms with Crippen LogP contribution in [-0.2, 0) is 28.3 Å². The van der Waals surface area contributed by atoms with Crippen LogP contribution in [0.5, 0.6) is 28.7 Å². The lowest BCUT2D eigenvalue weighted by atomic mass is 9.98. The van der Waals surface area contributed by atoms with Gasteiger partial charge in [0.15, 0.2) is 29.2 Å². The Kier molecular flexibility index (Phi) is 12.3. The van der Waals surface area contributed by atoms with E-state index in [0.29, 0.717) is 11.2 Å². The first-order chi connectivity index (χ1) is 26.4. The summed E-state index contributed by atoms with van der Waals surface area (Å²) in [6.07, 6.45) is -14.8. The fourth-order valence-electron chi connectivity index (χ4n) is 6.11. The predicted molar refractivity (Wildman–Crippen MR) is 190 cm³/mol. The zero-order valence-electron chi connectivity index (χ0n) is 30.0. The summed E-state index contributed by atoms with van der Waals surface area (Å²) in [6, 6.07) is 5.24. The minimum atomic E-state index is -1.97. The maximum absolute atomic E-state index is 13.6. The summed E-state index contributed by atoms with van der Waals surface area (Å²) in [5.74, 6) is -3.33. The van der Waals surface area contributed by atoms with E-state index in [4.69, 9.17) is 23.4 Å². The van der Waals surface area contributed by atoms with E-state index in [-0.39, 0.29) is 27.9 Å². The number of ether oxygens (including phenoxy) is 4. The number of H-pyrrole nitrogens is 1. The molecule has 0 unspecified atom stereocenters. The number of hydrogen-bond acceptors (Lipinski definition) is 19. The number of aliphatic hydroxyl groups excluding tert-OH is 6. The van der Waals surface area contributed by atoms with Crippen molar-refractivity contribution in [3.63, 3.8) is 0 Å². The maximum Gasteiger partial charge on any atom is 0.332 e. The number of hydrogen-bond donors (Lipinski definition) is 11. The Hall–Kier alpha value is -5.60. The summed E-state index contributed by atoms with van der Waals surface area (Å²) in [7, 11) is 3.01. The molecule has 0 saturated carbocycles. The number of benzene rings is 2. The molecule has 13 N–H and O–H groups in total. The average molecular weight is 809 g/mol. The van der Waals surface area contributed by atoms with Crippen LogP contribution in [-0.4, -0.2) is 144 Å². The van der Waals surface area contributed by atoms with Gasteiger partial charge in [0.05, 0.1) is 19.0 Å².